The zero-order chi connectivity index (χ0) is 27.6. The number of halogens is 2. The van der Waals surface area contributed by atoms with Crippen molar-refractivity contribution in [2.75, 3.05) is 43.6 Å². The van der Waals surface area contributed by atoms with E-state index in [1.807, 2.05) is 4.90 Å². The number of aromatic nitrogens is 4. The largest absolute Gasteiger partial charge is 0.497 e. The van der Waals surface area contributed by atoms with E-state index in [0.29, 0.717) is 66.9 Å². The Bertz CT molecular complexity index is 1500. The molecule has 11 heteroatoms. The molecule has 9 nitrogen and oxygen atoms in total. The van der Waals surface area contributed by atoms with E-state index in [0.717, 1.165) is 18.6 Å². The van der Waals surface area contributed by atoms with Gasteiger partial charge in [0.2, 0.25) is 5.95 Å². The van der Waals surface area contributed by atoms with Gasteiger partial charge in [-0.2, -0.15) is 9.97 Å². The molecule has 1 saturated carbocycles. The van der Waals surface area contributed by atoms with E-state index in [-0.39, 0.29) is 23.6 Å². The molecule has 0 radical (unpaired) electrons. The highest BCUT2D eigenvalue weighted by Gasteiger charge is 2.32. The molecule has 2 aromatic heterocycles. The number of benzene rings is 2. The number of hydrogen-bond acceptors (Lipinski definition) is 8. The zero-order valence-electron chi connectivity index (χ0n) is 22.1. The van der Waals surface area contributed by atoms with Crippen molar-refractivity contribution < 1.29 is 23.0 Å². The van der Waals surface area contributed by atoms with Gasteiger partial charge in [-0.25, -0.2) is 13.8 Å². The van der Waals surface area contributed by atoms with E-state index in [2.05, 4.69) is 10.3 Å². The van der Waals surface area contributed by atoms with Crippen LogP contribution in [0.15, 0.2) is 54.6 Å². The summed E-state index contributed by atoms with van der Waals surface area (Å²) >= 11 is 0. The van der Waals surface area contributed by atoms with Crippen molar-refractivity contribution in [3.63, 3.8) is 0 Å². The first-order chi connectivity index (χ1) is 19.5. The Labute approximate surface area is 230 Å². The number of morpholine rings is 1. The fraction of sp³-hybridized carbons (Fsp3) is 0.379. The van der Waals surface area contributed by atoms with Crippen LogP contribution < -0.4 is 15.0 Å². The second-order valence-corrected chi connectivity index (χ2v) is 10.1. The van der Waals surface area contributed by atoms with Crippen molar-refractivity contribution in [3.8, 4) is 11.6 Å². The second-order valence-electron chi connectivity index (χ2n) is 10.1. The average Bonchev–Trinajstić information content (AvgIpc) is 3.36. The zero-order valence-corrected chi connectivity index (χ0v) is 22.1. The van der Waals surface area contributed by atoms with Crippen LogP contribution in [0.1, 0.15) is 41.9 Å². The topological polar surface area (TPSA) is 94.4 Å². The van der Waals surface area contributed by atoms with E-state index in [1.54, 1.807) is 61.7 Å². The van der Waals surface area contributed by atoms with Gasteiger partial charge in [0, 0.05) is 37.2 Å². The first-order valence-electron chi connectivity index (χ1n) is 13.4. The summed E-state index contributed by atoms with van der Waals surface area (Å²) in [7, 11) is 1.60. The van der Waals surface area contributed by atoms with Crippen LogP contribution in [-0.2, 0) is 4.74 Å². The number of alkyl halides is 2. The summed E-state index contributed by atoms with van der Waals surface area (Å²) in [5.74, 6) is 2.05. The van der Waals surface area contributed by atoms with E-state index in [9.17, 15) is 13.6 Å². The summed E-state index contributed by atoms with van der Waals surface area (Å²) in [6.45, 7) is 2.29. The maximum absolute atomic E-state index is 14.1. The lowest BCUT2D eigenvalue weighted by Gasteiger charge is -2.36. The van der Waals surface area contributed by atoms with Gasteiger partial charge in [-0.15, -0.1) is 0 Å². The molecular formula is C29H30F2N6O3. The van der Waals surface area contributed by atoms with Crippen LogP contribution >= 0.6 is 0 Å². The minimum atomic E-state index is -2.78. The Morgan fingerprint density at radius 2 is 1.82 bits per heavy atom. The molecule has 0 atom stereocenters. The molecule has 0 bridgehead atoms. The third kappa shape index (κ3) is 5.33. The van der Waals surface area contributed by atoms with E-state index in [1.165, 1.54) is 4.57 Å². The molecule has 4 aromatic rings. The van der Waals surface area contributed by atoms with Gasteiger partial charge in [0.25, 0.3) is 6.43 Å². The van der Waals surface area contributed by atoms with Gasteiger partial charge in [-0.1, -0.05) is 12.1 Å². The highest BCUT2D eigenvalue weighted by molar-refractivity contribution is 5.96. The number of imidazole rings is 1. The van der Waals surface area contributed by atoms with Gasteiger partial charge in [-0.05, 0) is 55.2 Å². The Morgan fingerprint density at radius 3 is 2.55 bits per heavy atom. The second kappa shape index (κ2) is 11.2. The molecule has 2 fully saturated rings. The lowest BCUT2D eigenvalue weighted by Crippen LogP contribution is -2.39. The van der Waals surface area contributed by atoms with Crippen molar-refractivity contribution in [2.45, 2.75) is 31.7 Å². The van der Waals surface area contributed by atoms with Crippen molar-refractivity contribution in [2.24, 2.45) is 5.92 Å². The fourth-order valence-electron chi connectivity index (χ4n) is 5.33. The molecule has 208 valence electrons. The summed E-state index contributed by atoms with van der Waals surface area (Å²) in [6, 6.07) is 16.0. The predicted molar refractivity (Wildman–Crippen MR) is 147 cm³/mol. The number of ketones is 1. The highest BCUT2D eigenvalue weighted by atomic mass is 19.3. The summed E-state index contributed by atoms with van der Waals surface area (Å²) in [5, 5.41) is 3.46. The van der Waals surface area contributed by atoms with Crippen LogP contribution in [0.4, 0.5) is 20.5 Å². The van der Waals surface area contributed by atoms with Crippen LogP contribution in [0, 0.1) is 5.92 Å². The van der Waals surface area contributed by atoms with Crippen molar-refractivity contribution in [1.82, 2.24) is 19.5 Å². The minimum Gasteiger partial charge on any atom is -0.497 e. The smallest absolute Gasteiger partial charge is 0.296 e. The molecule has 0 amide bonds. The van der Waals surface area contributed by atoms with Gasteiger partial charge in [-0.3, -0.25) is 9.36 Å². The summed E-state index contributed by atoms with van der Waals surface area (Å²) < 4.78 is 40.2. The van der Waals surface area contributed by atoms with E-state index in [4.69, 9.17) is 19.4 Å². The van der Waals surface area contributed by atoms with Crippen LogP contribution in [-0.4, -0.2) is 64.8 Å². The van der Waals surface area contributed by atoms with Gasteiger partial charge < -0.3 is 19.7 Å². The molecule has 1 N–H and O–H groups in total. The third-order valence-electron chi connectivity index (χ3n) is 7.48. The molecule has 6 rings (SSSR count). The van der Waals surface area contributed by atoms with Crippen molar-refractivity contribution >= 4 is 28.6 Å². The maximum atomic E-state index is 14.1. The number of para-hydroxylation sites is 2. The lowest BCUT2D eigenvalue weighted by molar-refractivity contribution is 0.0930. The third-order valence-corrected chi connectivity index (χ3v) is 7.48. The first-order valence-corrected chi connectivity index (χ1v) is 13.4. The Hall–Kier alpha value is -4.12. The molecule has 0 unspecified atom stereocenters. The maximum Gasteiger partial charge on any atom is 0.296 e. The molecule has 40 heavy (non-hydrogen) atoms. The average molecular weight is 549 g/mol. The molecule has 2 aromatic carbocycles. The van der Waals surface area contributed by atoms with E-state index < -0.39 is 6.43 Å². The molecule has 1 aliphatic carbocycles. The lowest BCUT2D eigenvalue weighted by atomic mass is 9.76. The standard InChI is InChI=1S/C29H30F2N6O3/c1-39-21-8-6-19(7-9-21)24(38)16-18-14-20(15-18)32-25-17-26(35-29(34-25)36-10-12-40-13-11-36)37-23-5-3-2-4-22(23)33-28(37)27(30)31/h2-9,17-18,20,27H,10-16H2,1H3,(H,32,34,35). The number of carbonyl (C=O) groups is 1. The number of rotatable bonds is 9. The number of hydrogen-bond donors (Lipinski definition) is 1. The van der Waals surface area contributed by atoms with Crippen LogP contribution in [0.5, 0.6) is 5.75 Å². The minimum absolute atomic E-state index is 0.108. The van der Waals surface area contributed by atoms with Gasteiger partial charge in [0.05, 0.1) is 31.4 Å². The number of anilines is 2. The first kappa shape index (κ1) is 26.1. The van der Waals surface area contributed by atoms with Gasteiger partial charge >= 0.3 is 0 Å². The molecule has 1 aliphatic heterocycles. The van der Waals surface area contributed by atoms with Crippen molar-refractivity contribution in [1.29, 1.82) is 0 Å². The number of fused-ring (bicyclic) bond motifs is 1. The van der Waals surface area contributed by atoms with Gasteiger partial charge in [0.15, 0.2) is 11.6 Å². The molecule has 3 heterocycles. The summed E-state index contributed by atoms with van der Waals surface area (Å²) in [4.78, 5) is 28.4. The van der Waals surface area contributed by atoms with Crippen LogP contribution in [0.3, 0.4) is 0 Å². The fourth-order valence-corrected chi connectivity index (χ4v) is 5.33. The van der Waals surface area contributed by atoms with Crippen molar-refractivity contribution in [3.05, 3.63) is 66.0 Å². The normalized spacial score (nSPS) is 19.1. The molecule has 1 saturated heterocycles. The Morgan fingerprint density at radius 1 is 1.07 bits per heavy atom. The molecule has 0 spiro atoms. The monoisotopic (exact) mass is 548 g/mol. The Kier molecular flexibility index (Phi) is 7.29. The molecule has 2 aliphatic rings. The number of nitrogens with zero attached hydrogens (tertiary/aromatic N) is 5. The van der Waals surface area contributed by atoms with Crippen LogP contribution in [0.25, 0.3) is 16.9 Å². The van der Waals surface area contributed by atoms with Gasteiger partial charge in [0.1, 0.15) is 17.4 Å². The number of methoxy groups -OCH3 is 1. The SMILES string of the molecule is COc1ccc(C(=O)CC2CC(Nc3cc(-n4c(C(F)F)nc5ccccc54)nc(N4CCOCC4)n3)C2)cc1. The highest BCUT2D eigenvalue weighted by Crippen LogP contribution is 2.35. The summed E-state index contributed by atoms with van der Waals surface area (Å²) in [6.07, 6.45) is -0.687. The Balaban J connectivity index is 1.22. The number of nitrogens with one attached hydrogen (secondary N) is 1. The van der Waals surface area contributed by atoms with E-state index >= 15 is 0 Å². The summed E-state index contributed by atoms with van der Waals surface area (Å²) in [5.41, 5.74) is 1.70. The molecular weight excluding hydrogens is 518 g/mol. The quantitative estimate of drug-likeness (QED) is 0.290. The number of ether oxygens (including phenoxy) is 2. The number of Topliss-reactive ketones (excluding diaryl/α,β-unsaturated/α-hetero) is 1. The van der Waals surface area contributed by atoms with Crippen LogP contribution in [0.2, 0.25) is 0 Å². The number of carbonyl (C=O) groups excluding carboxylic acids is 1. The predicted octanol–water partition coefficient (Wildman–Crippen LogP) is 5.06.